The number of amides is 2. The van der Waals surface area contributed by atoms with Gasteiger partial charge in [-0.1, -0.05) is 12.1 Å². The molecule has 2 aromatic rings. The summed E-state index contributed by atoms with van der Waals surface area (Å²) in [6, 6.07) is 7.76. The van der Waals surface area contributed by atoms with E-state index in [9.17, 15) is 9.59 Å². The van der Waals surface area contributed by atoms with Crippen molar-refractivity contribution in [1.29, 1.82) is 0 Å². The molecule has 4 rings (SSSR count). The molecule has 2 aliphatic heterocycles. The van der Waals surface area contributed by atoms with Crippen molar-refractivity contribution in [2.75, 3.05) is 31.6 Å². The van der Waals surface area contributed by atoms with Gasteiger partial charge in [0.15, 0.2) is 0 Å². The van der Waals surface area contributed by atoms with Crippen molar-refractivity contribution >= 4 is 17.5 Å². The Morgan fingerprint density at radius 3 is 2.70 bits per heavy atom. The van der Waals surface area contributed by atoms with Gasteiger partial charge in [-0.2, -0.15) is 0 Å². The second-order valence-electron chi connectivity index (χ2n) is 7.11. The zero-order chi connectivity index (χ0) is 18.8. The van der Waals surface area contributed by atoms with E-state index in [4.69, 9.17) is 4.74 Å². The first kappa shape index (κ1) is 17.7. The highest BCUT2D eigenvalue weighted by molar-refractivity contribution is 5.88. The lowest BCUT2D eigenvalue weighted by molar-refractivity contribution is -0.135. The predicted octanol–water partition coefficient (Wildman–Crippen LogP) is 1.93. The third-order valence-electron chi connectivity index (χ3n) is 5.23. The Bertz CT molecular complexity index is 837. The van der Waals surface area contributed by atoms with Crippen molar-refractivity contribution in [2.24, 2.45) is 5.92 Å². The molecule has 142 valence electrons. The molecule has 7 nitrogen and oxygen atoms in total. The number of hydrogen-bond acceptors (Lipinski definition) is 4. The van der Waals surface area contributed by atoms with Crippen LogP contribution >= 0.6 is 0 Å². The van der Waals surface area contributed by atoms with Crippen LogP contribution in [0.2, 0.25) is 0 Å². The van der Waals surface area contributed by atoms with Gasteiger partial charge in [-0.25, -0.2) is 4.98 Å². The Morgan fingerprint density at radius 2 is 2.00 bits per heavy atom. The van der Waals surface area contributed by atoms with Crippen LogP contribution in [0.1, 0.15) is 19.2 Å². The Balaban J connectivity index is 1.49. The number of nitrogens with one attached hydrogen (secondary N) is 1. The van der Waals surface area contributed by atoms with Crippen LogP contribution in [0.15, 0.2) is 30.5 Å². The molecule has 7 heteroatoms. The molecule has 2 amide bonds. The highest BCUT2D eigenvalue weighted by Crippen LogP contribution is 2.25. The van der Waals surface area contributed by atoms with Gasteiger partial charge in [-0.05, 0) is 24.1 Å². The first-order chi connectivity index (χ1) is 13.1. The summed E-state index contributed by atoms with van der Waals surface area (Å²) < 4.78 is 7.57. The lowest BCUT2D eigenvalue weighted by atomic mass is 10.1. The van der Waals surface area contributed by atoms with Crippen molar-refractivity contribution in [1.82, 2.24) is 14.5 Å². The summed E-state index contributed by atoms with van der Waals surface area (Å²) in [6.07, 6.45) is 3.47. The monoisotopic (exact) mass is 368 g/mol. The van der Waals surface area contributed by atoms with Crippen LogP contribution in [-0.4, -0.2) is 52.6 Å². The fraction of sp³-hybridized carbons (Fsp3) is 0.450. The van der Waals surface area contributed by atoms with E-state index in [-0.39, 0.29) is 17.7 Å². The van der Waals surface area contributed by atoms with E-state index >= 15 is 0 Å². The Hall–Kier alpha value is -2.67. The summed E-state index contributed by atoms with van der Waals surface area (Å²) in [5.41, 5.74) is 2.86. The van der Waals surface area contributed by atoms with E-state index in [1.54, 1.807) is 0 Å². The molecule has 0 bridgehead atoms. The number of imidazole rings is 1. The van der Waals surface area contributed by atoms with Gasteiger partial charge in [0.25, 0.3) is 0 Å². The highest BCUT2D eigenvalue weighted by atomic mass is 16.5. The summed E-state index contributed by atoms with van der Waals surface area (Å²) in [7, 11) is 0. The van der Waals surface area contributed by atoms with E-state index in [0.29, 0.717) is 26.3 Å². The van der Waals surface area contributed by atoms with Gasteiger partial charge < -0.3 is 19.5 Å². The fourth-order valence-electron chi connectivity index (χ4n) is 3.80. The zero-order valence-corrected chi connectivity index (χ0v) is 15.5. The molecule has 0 spiro atoms. The van der Waals surface area contributed by atoms with E-state index in [1.807, 2.05) is 35.4 Å². The van der Waals surface area contributed by atoms with Crippen LogP contribution in [0.5, 0.6) is 0 Å². The first-order valence-electron chi connectivity index (χ1n) is 9.41. The average Bonchev–Trinajstić information content (AvgIpc) is 3.28. The SMILES string of the molecule is CC(=O)Nc1ccc(-c2cnc3n2CCN(C(=O)[C@H]2CCOC2)CC3)cc1. The summed E-state index contributed by atoms with van der Waals surface area (Å²) in [4.78, 5) is 30.4. The van der Waals surface area contributed by atoms with Crippen LogP contribution in [0, 0.1) is 5.92 Å². The van der Waals surface area contributed by atoms with Gasteiger partial charge >= 0.3 is 0 Å². The Morgan fingerprint density at radius 1 is 1.19 bits per heavy atom. The number of hydrogen-bond donors (Lipinski definition) is 1. The van der Waals surface area contributed by atoms with E-state index < -0.39 is 0 Å². The molecule has 1 atom stereocenters. The molecule has 1 aromatic heterocycles. The lowest BCUT2D eigenvalue weighted by Gasteiger charge is -2.23. The normalized spacial score (nSPS) is 19.4. The number of carbonyl (C=O) groups excluding carboxylic acids is 2. The smallest absolute Gasteiger partial charge is 0.228 e. The molecular formula is C20H24N4O3. The van der Waals surface area contributed by atoms with Gasteiger partial charge in [-0.3, -0.25) is 9.59 Å². The molecule has 1 aromatic carbocycles. The maximum atomic E-state index is 12.7. The van der Waals surface area contributed by atoms with Crippen LogP contribution in [0.3, 0.4) is 0 Å². The van der Waals surface area contributed by atoms with Gasteiger partial charge in [0.05, 0.1) is 24.4 Å². The quantitative estimate of drug-likeness (QED) is 0.898. The number of nitrogens with zero attached hydrogens (tertiary/aromatic N) is 3. The van der Waals surface area contributed by atoms with Crippen LogP contribution in [-0.2, 0) is 27.3 Å². The molecule has 0 aliphatic carbocycles. The molecule has 0 unspecified atom stereocenters. The third kappa shape index (κ3) is 3.73. The predicted molar refractivity (Wildman–Crippen MR) is 101 cm³/mol. The van der Waals surface area contributed by atoms with Crippen LogP contribution in [0.25, 0.3) is 11.3 Å². The standard InChI is InChI=1S/C20H24N4O3/c1-14(25)22-17-4-2-15(3-5-17)18-12-21-19-6-8-23(9-10-24(18)19)20(26)16-7-11-27-13-16/h2-5,12,16H,6-11,13H2,1H3,(H,22,25)/t16-/m0/s1. The fourth-order valence-corrected chi connectivity index (χ4v) is 3.80. The minimum atomic E-state index is -0.0848. The number of benzene rings is 1. The third-order valence-corrected chi connectivity index (χ3v) is 5.23. The molecule has 1 N–H and O–H groups in total. The summed E-state index contributed by atoms with van der Waals surface area (Å²) in [5, 5.41) is 2.78. The largest absolute Gasteiger partial charge is 0.381 e. The molecule has 0 radical (unpaired) electrons. The minimum absolute atomic E-state index is 0.0104. The molecule has 0 saturated carbocycles. The van der Waals surface area contributed by atoms with E-state index in [1.165, 1.54) is 6.92 Å². The van der Waals surface area contributed by atoms with E-state index in [2.05, 4.69) is 14.9 Å². The maximum Gasteiger partial charge on any atom is 0.228 e. The van der Waals surface area contributed by atoms with Gasteiger partial charge in [0, 0.05) is 45.3 Å². The summed E-state index contributed by atoms with van der Waals surface area (Å²) >= 11 is 0. The number of carbonyl (C=O) groups is 2. The lowest BCUT2D eigenvalue weighted by Crippen LogP contribution is -2.38. The Kier molecular flexibility index (Phi) is 4.94. The Labute approximate surface area is 158 Å². The minimum Gasteiger partial charge on any atom is -0.381 e. The van der Waals surface area contributed by atoms with Crippen molar-refractivity contribution in [3.05, 3.63) is 36.3 Å². The zero-order valence-electron chi connectivity index (χ0n) is 15.5. The number of ether oxygens (including phenoxy) is 1. The molecule has 1 saturated heterocycles. The van der Waals surface area contributed by atoms with E-state index in [0.717, 1.165) is 42.2 Å². The summed E-state index contributed by atoms with van der Waals surface area (Å²) in [5.74, 6) is 1.14. The van der Waals surface area contributed by atoms with Gasteiger partial charge in [0.2, 0.25) is 11.8 Å². The van der Waals surface area contributed by atoms with Crippen LogP contribution < -0.4 is 5.32 Å². The molecule has 1 fully saturated rings. The van der Waals surface area contributed by atoms with Crippen molar-refractivity contribution in [2.45, 2.75) is 26.3 Å². The highest BCUT2D eigenvalue weighted by Gasteiger charge is 2.29. The molecule has 2 aliphatic rings. The first-order valence-corrected chi connectivity index (χ1v) is 9.41. The number of fused-ring (bicyclic) bond motifs is 1. The van der Waals surface area contributed by atoms with Crippen molar-refractivity contribution in [3.8, 4) is 11.3 Å². The second-order valence-corrected chi connectivity index (χ2v) is 7.11. The van der Waals surface area contributed by atoms with Gasteiger partial charge in [0.1, 0.15) is 5.82 Å². The van der Waals surface area contributed by atoms with Crippen LogP contribution in [0.4, 0.5) is 5.69 Å². The maximum absolute atomic E-state index is 12.7. The average molecular weight is 368 g/mol. The van der Waals surface area contributed by atoms with Crippen molar-refractivity contribution < 1.29 is 14.3 Å². The number of anilines is 1. The number of aromatic nitrogens is 2. The molecule has 27 heavy (non-hydrogen) atoms. The topological polar surface area (TPSA) is 76.5 Å². The number of rotatable bonds is 3. The van der Waals surface area contributed by atoms with Crippen molar-refractivity contribution in [3.63, 3.8) is 0 Å². The summed E-state index contributed by atoms with van der Waals surface area (Å²) in [6.45, 7) is 4.85. The molecular weight excluding hydrogens is 344 g/mol. The molecule has 3 heterocycles. The second kappa shape index (κ2) is 7.52. The van der Waals surface area contributed by atoms with Gasteiger partial charge in [-0.15, -0.1) is 0 Å².